The van der Waals surface area contributed by atoms with Gasteiger partial charge in [0.1, 0.15) is 0 Å². The number of allylic oxidation sites excluding steroid dienone is 2. The molecule has 0 saturated carbocycles. The molecule has 1 radical (unpaired) electrons. The van der Waals surface area contributed by atoms with Crippen molar-refractivity contribution in [1.82, 2.24) is 9.80 Å². The second-order valence-electron chi connectivity index (χ2n) is 7.85. The molecule has 0 spiro atoms. The van der Waals surface area contributed by atoms with Gasteiger partial charge >= 0.3 is 0 Å². The van der Waals surface area contributed by atoms with E-state index in [0.29, 0.717) is 6.04 Å². The standard InChI is InChI=1S/C9H17N2.C6H18NSi2.La/c1-7(2)11-6-10(5)8(3)9(11)4;1-8(2,3)7-9(4,5)6;/h6-7H,1-5H3;1-6H3;/q2*-1;. The van der Waals surface area contributed by atoms with E-state index in [-0.39, 0.29) is 35.6 Å². The van der Waals surface area contributed by atoms with E-state index in [0.717, 1.165) is 0 Å². The molecule has 0 amide bonds. The summed E-state index contributed by atoms with van der Waals surface area (Å²) in [4.78, 5) is 4.45. The molecule has 21 heavy (non-hydrogen) atoms. The van der Waals surface area contributed by atoms with Crippen molar-refractivity contribution in [3.05, 3.63) is 22.7 Å². The molecule has 0 fully saturated rings. The fourth-order valence-corrected chi connectivity index (χ4v) is 10.4. The minimum Gasteiger partial charge on any atom is -0.668 e. The second kappa shape index (κ2) is 9.28. The largest absolute Gasteiger partial charge is 0.668 e. The SMILES string of the molecule is CC1=C(C)N(C(C)C)[CH-]N1C.C[Si](C)(C)[N-][Si](C)(C)C.[La]. The predicted octanol–water partition coefficient (Wildman–Crippen LogP) is 5.04. The van der Waals surface area contributed by atoms with E-state index in [9.17, 15) is 0 Å². The molecule has 0 aliphatic carbocycles. The maximum atomic E-state index is 4.82. The Labute approximate surface area is 163 Å². The van der Waals surface area contributed by atoms with Crippen molar-refractivity contribution in [2.75, 3.05) is 7.05 Å². The van der Waals surface area contributed by atoms with Crippen LogP contribution >= 0.6 is 0 Å². The molecule has 0 aromatic rings. The van der Waals surface area contributed by atoms with Crippen LogP contribution < -0.4 is 0 Å². The van der Waals surface area contributed by atoms with Crippen LogP contribution in [0.4, 0.5) is 0 Å². The van der Waals surface area contributed by atoms with Crippen LogP contribution in [0, 0.1) is 42.3 Å². The van der Waals surface area contributed by atoms with E-state index < -0.39 is 16.5 Å². The summed E-state index contributed by atoms with van der Waals surface area (Å²) in [7, 11) is -0.127. The van der Waals surface area contributed by atoms with E-state index in [2.05, 4.69) is 90.5 Å². The van der Waals surface area contributed by atoms with Crippen LogP contribution in [0.25, 0.3) is 4.65 Å². The molecule has 1 aliphatic rings. The maximum absolute atomic E-state index is 4.82. The number of hydrogen-bond acceptors (Lipinski definition) is 2. The molecule has 123 valence electrons. The first-order valence-electron chi connectivity index (χ1n) is 7.52. The number of hydrogen-bond donors (Lipinski definition) is 0. The summed E-state index contributed by atoms with van der Waals surface area (Å²) in [6.45, 7) is 24.6. The molecular weight excluding hydrogens is 417 g/mol. The summed E-state index contributed by atoms with van der Waals surface area (Å²) in [6.07, 6.45) is 0. The van der Waals surface area contributed by atoms with E-state index in [1.165, 1.54) is 11.4 Å². The Hall–Kier alpha value is 0.929. The first-order chi connectivity index (χ1) is 8.74. The zero-order valence-corrected chi connectivity index (χ0v) is 21.7. The zero-order chi connectivity index (χ0) is 16.3. The Morgan fingerprint density at radius 1 is 0.905 bits per heavy atom. The van der Waals surface area contributed by atoms with Gasteiger partial charge in [-0.05, 0) is 52.2 Å². The third-order valence-electron chi connectivity index (χ3n) is 2.96. The van der Waals surface area contributed by atoms with Crippen LogP contribution in [0.2, 0.25) is 39.3 Å². The van der Waals surface area contributed by atoms with Crippen LogP contribution in [0.3, 0.4) is 0 Å². The number of nitrogens with zero attached hydrogens (tertiary/aromatic N) is 3. The third-order valence-corrected chi connectivity index (χ3v) is 8.33. The maximum Gasteiger partial charge on any atom is 0 e. The minimum absolute atomic E-state index is 0. The molecular formula is C15H35LaN3Si2-2. The van der Waals surface area contributed by atoms with Crippen LogP contribution in [0.1, 0.15) is 27.7 Å². The van der Waals surface area contributed by atoms with E-state index in [1.807, 2.05) is 0 Å². The Kier molecular flexibility index (Phi) is 10.7. The van der Waals surface area contributed by atoms with Gasteiger partial charge in [-0.1, -0.05) is 55.8 Å². The number of rotatable bonds is 3. The summed E-state index contributed by atoms with van der Waals surface area (Å²) in [5.74, 6) is 0. The molecule has 0 N–H and O–H groups in total. The van der Waals surface area contributed by atoms with E-state index in [1.54, 1.807) is 0 Å². The van der Waals surface area contributed by atoms with Gasteiger partial charge in [-0.2, -0.15) is 6.67 Å². The molecule has 6 heteroatoms. The van der Waals surface area contributed by atoms with Crippen molar-refractivity contribution in [2.45, 2.75) is 73.0 Å². The Morgan fingerprint density at radius 3 is 1.38 bits per heavy atom. The average molecular weight is 453 g/mol. The van der Waals surface area contributed by atoms with Crippen LogP contribution in [-0.2, 0) is 0 Å². The van der Waals surface area contributed by atoms with Gasteiger partial charge in [0.05, 0.1) is 0 Å². The molecule has 0 aromatic heterocycles. The smallest absolute Gasteiger partial charge is 0 e. The molecule has 3 nitrogen and oxygen atoms in total. The summed E-state index contributed by atoms with van der Waals surface area (Å²) < 4.78 is 4.82. The summed E-state index contributed by atoms with van der Waals surface area (Å²) in [6, 6.07) is 0.565. The second-order valence-corrected chi connectivity index (χ2v) is 17.4. The zero-order valence-electron chi connectivity index (χ0n) is 16.1. The molecule has 1 rings (SSSR count). The Morgan fingerprint density at radius 2 is 1.29 bits per heavy atom. The van der Waals surface area contributed by atoms with Gasteiger partial charge in [-0.3, -0.25) is 0 Å². The summed E-state index contributed by atoms with van der Waals surface area (Å²) >= 11 is 0. The van der Waals surface area contributed by atoms with Crippen molar-refractivity contribution < 1.29 is 35.6 Å². The Balaban J connectivity index is 0. The summed E-state index contributed by atoms with van der Waals surface area (Å²) in [5, 5.41) is 0. The van der Waals surface area contributed by atoms with Gasteiger partial charge in [-0.25, -0.2) is 0 Å². The van der Waals surface area contributed by atoms with Crippen molar-refractivity contribution in [3.8, 4) is 0 Å². The normalized spacial score (nSPS) is 16.0. The first kappa shape index (κ1) is 24.2. The molecule has 0 aromatic carbocycles. The fraction of sp³-hybridized carbons (Fsp3) is 0.800. The van der Waals surface area contributed by atoms with Gasteiger partial charge in [0, 0.05) is 35.6 Å². The van der Waals surface area contributed by atoms with Gasteiger partial charge in [0.15, 0.2) is 0 Å². The van der Waals surface area contributed by atoms with E-state index >= 15 is 0 Å². The molecule has 0 saturated heterocycles. The molecule has 1 aliphatic heterocycles. The first-order valence-corrected chi connectivity index (χ1v) is 14.4. The van der Waals surface area contributed by atoms with Crippen LogP contribution in [0.5, 0.6) is 0 Å². The van der Waals surface area contributed by atoms with Crippen molar-refractivity contribution in [2.24, 2.45) is 0 Å². The van der Waals surface area contributed by atoms with Crippen molar-refractivity contribution >= 4 is 16.5 Å². The van der Waals surface area contributed by atoms with Gasteiger partial charge in [0.25, 0.3) is 0 Å². The third kappa shape index (κ3) is 10.3. The van der Waals surface area contributed by atoms with Gasteiger partial charge in [-0.15, -0.1) is 0 Å². The van der Waals surface area contributed by atoms with Crippen LogP contribution in [0.15, 0.2) is 11.4 Å². The fourth-order valence-electron chi connectivity index (χ4n) is 2.33. The predicted molar refractivity (Wildman–Crippen MR) is 97.5 cm³/mol. The molecule has 0 atom stereocenters. The summed E-state index contributed by atoms with van der Waals surface area (Å²) in [5.41, 5.74) is 2.71. The monoisotopic (exact) mass is 452 g/mol. The molecule has 1 heterocycles. The van der Waals surface area contributed by atoms with Crippen LogP contribution in [-0.4, -0.2) is 39.4 Å². The Bertz CT molecular complexity index is 332. The van der Waals surface area contributed by atoms with Crippen molar-refractivity contribution in [3.63, 3.8) is 0 Å². The topological polar surface area (TPSA) is 20.6 Å². The average Bonchev–Trinajstić information content (AvgIpc) is 2.41. The van der Waals surface area contributed by atoms with E-state index in [4.69, 9.17) is 4.65 Å². The minimum atomic E-state index is -1.11. The molecule has 0 bridgehead atoms. The van der Waals surface area contributed by atoms with Gasteiger partial charge < -0.3 is 14.4 Å². The van der Waals surface area contributed by atoms with Crippen molar-refractivity contribution in [1.29, 1.82) is 0 Å². The van der Waals surface area contributed by atoms with Gasteiger partial charge in [0.2, 0.25) is 0 Å². The molecule has 0 unspecified atom stereocenters. The quantitative estimate of drug-likeness (QED) is 0.442.